The fourth-order valence-corrected chi connectivity index (χ4v) is 1.66. The van der Waals surface area contributed by atoms with Crippen molar-refractivity contribution in [3.05, 3.63) is 0 Å². The van der Waals surface area contributed by atoms with Crippen molar-refractivity contribution in [1.29, 1.82) is 5.26 Å². The molecule has 0 aromatic carbocycles. The van der Waals surface area contributed by atoms with Crippen LogP contribution in [0, 0.1) is 17.2 Å². The van der Waals surface area contributed by atoms with Gasteiger partial charge in [0.25, 0.3) is 0 Å². The van der Waals surface area contributed by atoms with Crippen molar-refractivity contribution in [3.8, 4) is 6.07 Å². The van der Waals surface area contributed by atoms with Crippen molar-refractivity contribution in [2.45, 2.75) is 12.3 Å². The van der Waals surface area contributed by atoms with Crippen LogP contribution in [0.5, 0.6) is 0 Å². The second kappa shape index (κ2) is 6.78. The molecule has 0 aliphatic rings. The number of thioether (sulfide) groups is 1. The van der Waals surface area contributed by atoms with Crippen LogP contribution in [0.3, 0.4) is 0 Å². The van der Waals surface area contributed by atoms with Crippen molar-refractivity contribution >= 4 is 23.4 Å². The van der Waals surface area contributed by atoms with Crippen LogP contribution in [0.25, 0.3) is 0 Å². The third kappa shape index (κ3) is 6.49. The molecule has 0 aliphatic heterocycles. The van der Waals surface area contributed by atoms with Gasteiger partial charge in [0.05, 0.1) is 6.07 Å². The van der Waals surface area contributed by atoms with Crippen LogP contribution in [-0.4, -0.2) is 28.6 Å². The summed E-state index contributed by atoms with van der Waals surface area (Å²) in [5, 5.41) is 16.6. The molecule has 0 aromatic heterocycles. The summed E-state index contributed by atoms with van der Waals surface area (Å²) in [6.45, 7) is 2.16. The molecule has 0 amide bonds. The van der Waals surface area contributed by atoms with Gasteiger partial charge < -0.3 is 5.11 Å². The van der Waals surface area contributed by atoms with Gasteiger partial charge in [-0.1, -0.05) is 6.92 Å². The van der Waals surface area contributed by atoms with Gasteiger partial charge in [-0.3, -0.25) is 0 Å². The number of aliphatic hydroxyl groups excluding tert-OH is 1. The topological polar surface area (TPSA) is 44.0 Å². The molecule has 4 heteroatoms. The van der Waals surface area contributed by atoms with Crippen LogP contribution >= 0.6 is 23.4 Å². The standard InChI is InChI=1S/C7H12ClNOS/c1-6(3-10)4-11-5-7(8)2-9/h6-7,10H,3-5H2,1H3. The van der Waals surface area contributed by atoms with Crippen LogP contribution in [0.1, 0.15) is 6.92 Å². The van der Waals surface area contributed by atoms with Crippen LogP contribution in [0.15, 0.2) is 0 Å². The number of alkyl halides is 1. The van der Waals surface area contributed by atoms with E-state index in [1.807, 2.05) is 13.0 Å². The van der Waals surface area contributed by atoms with E-state index in [0.29, 0.717) is 11.7 Å². The molecule has 0 spiro atoms. The first-order valence-electron chi connectivity index (χ1n) is 3.43. The van der Waals surface area contributed by atoms with Gasteiger partial charge in [0.2, 0.25) is 0 Å². The summed E-state index contributed by atoms with van der Waals surface area (Å²) in [5.41, 5.74) is 0. The Labute approximate surface area is 76.5 Å². The van der Waals surface area contributed by atoms with Crippen molar-refractivity contribution < 1.29 is 5.11 Å². The minimum atomic E-state index is -0.397. The van der Waals surface area contributed by atoms with Gasteiger partial charge in [0.15, 0.2) is 0 Å². The average Bonchev–Trinajstić information content (AvgIpc) is 2.04. The maximum absolute atomic E-state index is 8.65. The van der Waals surface area contributed by atoms with E-state index in [-0.39, 0.29) is 6.61 Å². The van der Waals surface area contributed by atoms with E-state index in [1.165, 1.54) is 0 Å². The predicted molar refractivity (Wildman–Crippen MR) is 48.8 cm³/mol. The van der Waals surface area contributed by atoms with Gasteiger partial charge in [-0.15, -0.1) is 11.6 Å². The summed E-state index contributed by atoms with van der Waals surface area (Å²) >= 11 is 7.15. The van der Waals surface area contributed by atoms with Crippen LogP contribution in [-0.2, 0) is 0 Å². The molecule has 0 saturated heterocycles. The minimum absolute atomic E-state index is 0.201. The molecule has 0 heterocycles. The van der Waals surface area contributed by atoms with Gasteiger partial charge in [0.1, 0.15) is 5.38 Å². The SMILES string of the molecule is CC(CO)CSCC(Cl)C#N. The fourth-order valence-electron chi connectivity index (χ4n) is 0.463. The Bertz CT molecular complexity index is 137. The Morgan fingerprint density at radius 3 is 2.73 bits per heavy atom. The molecule has 2 atom stereocenters. The Morgan fingerprint density at radius 2 is 2.27 bits per heavy atom. The highest BCUT2D eigenvalue weighted by Crippen LogP contribution is 2.11. The third-order valence-electron chi connectivity index (χ3n) is 1.12. The van der Waals surface area contributed by atoms with Crippen molar-refractivity contribution in [1.82, 2.24) is 0 Å². The lowest BCUT2D eigenvalue weighted by Gasteiger charge is -2.06. The fraction of sp³-hybridized carbons (Fsp3) is 0.857. The smallest absolute Gasteiger partial charge is 0.129 e. The largest absolute Gasteiger partial charge is 0.396 e. The summed E-state index contributed by atoms with van der Waals surface area (Å²) in [5.74, 6) is 1.80. The number of aliphatic hydroxyl groups is 1. The third-order valence-corrected chi connectivity index (χ3v) is 2.93. The molecule has 0 rings (SSSR count). The summed E-state index contributed by atoms with van der Waals surface area (Å²) in [4.78, 5) is 0. The van der Waals surface area contributed by atoms with Gasteiger partial charge in [-0.05, 0) is 11.7 Å². The molecule has 2 nitrogen and oxygen atoms in total. The lowest BCUT2D eigenvalue weighted by molar-refractivity contribution is 0.250. The molecule has 0 saturated carbocycles. The van der Waals surface area contributed by atoms with E-state index in [1.54, 1.807) is 11.8 Å². The van der Waals surface area contributed by atoms with E-state index < -0.39 is 5.38 Å². The Balaban J connectivity index is 3.21. The first kappa shape index (κ1) is 11.1. The molecule has 1 N–H and O–H groups in total. The molecule has 2 unspecified atom stereocenters. The van der Waals surface area contributed by atoms with Crippen LogP contribution < -0.4 is 0 Å². The van der Waals surface area contributed by atoms with E-state index in [2.05, 4.69) is 0 Å². The highest BCUT2D eigenvalue weighted by Gasteiger charge is 2.04. The number of hydrogen-bond donors (Lipinski definition) is 1. The predicted octanol–water partition coefficient (Wildman–Crippen LogP) is 1.48. The van der Waals surface area contributed by atoms with Crippen molar-refractivity contribution in [2.75, 3.05) is 18.1 Å². The molecule has 0 aromatic rings. The first-order chi connectivity index (χ1) is 5.20. The first-order valence-corrected chi connectivity index (χ1v) is 5.02. The number of nitrogens with zero attached hydrogens (tertiary/aromatic N) is 1. The molecule has 0 fully saturated rings. The summed E-state index contributed by atoms with van der Waals surface area (Å²) in [7, 11) is 0. The average molecular weight is 194 g/mol. The van der Waals surface area contributed by atoms with Crippen molar-refractivity contribution in [2.24, 2.45) is 5.92 Å². The number of rotatable bonds is 5. The quantitative estimate of drug-likeness (QED) is 0.673. The number of halogens is 1. The zero-order valence-corrected chi connectivity index (χ0v) is 8.03. The summed E-state index contributed by atoms with van der Waals surface area (Å²) in [6, 6.07) is 1.94. The van der Waals surface area contributed by atoms with E-state index in [0.717, 1.165) is 5.75 Å². The zero-order valence-electron chi connectivity index (χ0n) is 6.46. The monoisotopic (exact) mass is 193 g/mol. The zero-order chi connectivity index (χ0) is 8.69. The normalized spacial score (nSPS) is 15.5. The number of hydrogen-bond acceptors (Lipinski definition) is 3. The number of nitriles is 1. The van der Waals surface area contributed by atoms with Crippen molar-refractivity contribution in [3.63, 3.8) is 0 Å². The lowest BCUT2D eigenvalue weighted by atomic mass is 10.2. The van der Waals surface area contributed by atoms with Gasteiger partial charge in [-0.25, -0.2) is 0 Å². The van der Waals surface area contributed by atoms with Gasteiger partial charge in [-0.2, -0.15) is 17.0 Å². The van der Waals surface area contributed by atoms with E-state index >= 15 is 0 Å². The van der Waals surface area contributed by atoms with E-state index in [9.17, 15) is 0 Å². The molecular weight excluding hydrogens is 182 g/mol. The van der Waals surface area contributed by atoms with Gasteiger partial charge in [0, 0.05) is 12.4 Å². The van der Waals surface area contributed by atoms with Crippen LogP contribution in [0.4, 0.5) is 0 Å². The minimum Gasteiger partial charge on any atom is -0.396 e. The maximum Gasteiger partial charge on any atom is 0.129 e. The highest BCUT2D eigenvalue weighted by molar-refractivity contribution is 7.99. The maximum atomic E-state index is 8.65. The Hall–Kier alpha value is 0.0900. The van der Waals surface area contributed by atoms with Gasteiger partial charge >= 0.3 is 0 Å². The summed E-state index contributed by atoms with van der Waals surface area (Å²) < 4.78 is 0. The molecule has 11 heavy (non-hydrogen) atoms. The summed E-state index contributed by atoms with van der Waals surface area (Å²) in [6.07, 6.45) is 0. The molecule has 64 valence electrons. The molecule has 0 bridgehead atoms. The molecule has 0 radical (unpaired) electrons. The Morgan fingerprint density at radius 1 is 1.64 bits per heavy atom. The highest BCUT2D eigenvalue weighted by atomic mass is 35.5. The lowest BCUT2D eigenvalue weighted by Crippen LogP contribution is -2.06. The molecule has 0 aliphatic carbocycles. The Kier molecular flexibility index (Phi) is 6.83. The molecular formula is C7H12ClNOS. The second-order valence-corrected chi connectivity index (χ2v) is 4.02. The van der Waals surface area contributed by atoms with Crippen LogP contribution in [0.2, 0.25) is 0 Å². The van der Waals surface area contributed by atoms with E-state index in [4.69, 9.17) is 22.0 Å². The second-order valence-electron chi connectivity index (χ2n) is 2.42.